The number of hydrogen-bond acceptors (Lipinski definition) is 3. The van der Waals surface area contributed by atoms with Crippen molar-refractivity contribution in [1.82, 2.24) is 4.90 Å². The molecule has 27 heavy (non-hydrogen) atoms. The summed E-state index contributed by atoms with van der Waals surface area (Å²) in [5.41, 5.74) is 3.09. The lowest BCUT2D eigenvalue weighted by Gasteiger charge is -2.33. The molecule has 5 nitrogen and oxygen atoms in total. The van der Waals surface area contributed by atoms with Crippen molar-refractivity contribution < 1.29 is 19.4 Å². The number of nitrogens with zero attached hydrogens (tertiary/aromatic N) is 1. The van der Waals surface area contributed by atoms with Crippen LogP contribution < -0.4 is 0 Å². The average molecular weight is 365 g/mol. The fourth-order valence-corrected chi connectivity index (χ4v) is 4.19. The number of benzene rings is 2. The first-order chi connectivity index (χ1) is 13.0. The second kappa shape index (κ2) is 6.82. The lowest BCUT2D eigenvalue weighted by atomic mass is 9.74. The number of hydrogen-bond donors (Lipinski definition) is 1. The predicted molar refractivity (Wildman–Crippen MR) is 102 cm³/mol. The molecule has 1 N–H and O–H groups in total. The van der Waals surface area contributed by atoms with E-state index in [2.05, 4.69) is 24.3 Å². The van der Waals surface area contributed by atoms with E-state index in [1.807, 2.05) is 31.2 Å². The van der Waals surface area contributed by atoms with E-state index in [4.69, 9.17) is 4.74 Å². The van der Waals surface area contributed by atoms with Gasteiger partial charge in [-0.15, -0.1) is 0 Å². The molecule has 140 valence electrons. The second-order valence-electron chi connectivity index (χ2n) is 7.61. The van der Waals surface area contributed by atoms with Gasteiger partial charge in [-0.1, -0.05) is 42.0 Å². The third-order valence-corrected chi connectivity index (χ3v) is 5.94. The van der Waals surface area contributed by atoms with Crippen LogP contribution in [0.3, 0.4) is 0 Å². The van der Waals surface area contributed by atoms with Crippen molar-refractivity contribution in [3.63, 3.8) is 0 Å². The van der Waals surface area contributed by atoms with Gasteiger partial charge >= 0.3 is 5.97 Å². The molecular formula is C22H23NO4. The molecule has 0 bridgehead atoms. The van der Waals surface area contributed by atoms with Crippen LogP contribution in [0.4, 0.5) is 0 Å². The first-order valence-electron chi connectivity index (χ1n) is 9.27. The third kappa shape index (κ3) is 3.12. The Morgan fingerprint density at radius 3 is 2.30 bits per heavy atom. The van der Waals surface area contributed by atoms with Crippen LogP contribution in [0.1, 0.15) is 22.3 Å². The van der Waals surface area contributed by atoms with Crippen LogP contribution in [0.5, 0.6) is 0 Å². The van der Waals surface area contributed by atoms with Gasteiger partial charge in [-0.3, -0.25) is 9.59 Å². The van der Waals surface area contributed by atoms with Gasteiger partial charge in [0.15, 0.2) is 0 Å². The molecule has 2 aromatic rings. The summed E-state index contributed by atoms with van der Waals surface area (Å²) in [5.74, 6) is -1.07. The fourth-order valence-electron chi connectivity index (χ4n) is 4.19. The maximum Gasteiger partial charge on any atom is 0.311 e. The molecule has 2 fully saturated rings. The number of rotatable bonds is 3. The molecule has 0 aliphatic carbocycles. The number of carbonyl (C=O) groups is 2. The van der Waals surface area contributed by atoms with Crippen molar-refractivity contribution in [1.29, 1.82) is 0 Å². The van der Waals surface area contributed by atoms with E-state index < -0.39 is 11.4 Å². The van der Waals surface area contributed by atoms with E-state index >= 15 is 0 Å². The molecule has 2 saturated heterocycles. The molecular weight excluding hydrogens is 342 g/mol. The summed E-state index contributed by atoms with van der Waals surface area (Å²) >= 11 is 0. The highest BCUT2D eigenvalue weighted by Crippen LogP contribution is 2.42. The lowest BCUT2D eigenvalue weighted by molar-refractivity contribution is -0.157. The summed E-state index contributed by atoms with van der Waals surface area (Å²) in [6.45, 7) is 3.59. The molecule has 0 radical (unpaired) electrons. The highest BCUT2D eigenvalue weighted by atomic mass is 16.5. The van der Waals surface area contributed by atoms with Gasteiger partial charge in [-0.05, 0) is 36.6 Å². The van der Waals surface area contributed by atoms with E-state index in [-0.39, 0.29) is 18.4 Å². The Morgan fingerprint density at radius 2 is 1.70 bits per heavy atom. The quantitative estimate of drug-likeness (QED) is 0.907. The summed E-state index contributed by atoms with van der Waals surface area (Å²) in [6, 6.07) is 15.8. The summed E-state index contributed by atoms with van der Waals surface area (Å²) < 4.78 is 5.46. The van der Waals surface area contributed by atoms with Crippen LogP contribution in [0.25, 0.3) is 11.1 Å². The molecule has 0 saturated carbocycles. The Morgan fingerprint density at radius 1 is 1.07 bits per heavy atom. The van der Waals surface area contributed by atoms with Gasteiger partial charge in [0.1, 0.15) is 0 Å². The number of fused-ring (bicyclic) bond motifs is 1. The van der Waals surface area contributed by atoms with Crippen LogP contribution in [-0.2, 0) is 9.53 Å². The topological polar surface area (TPSA) is 66.8 Å². The van der Waals surface area contributed by atoms with Crippen molar-refractivity contribution in [2.24, 2.45) is 11.3 Å². The van der Waals surface area contributed by atoms with E-state index in [1.54, 1.807) is 4.90 Å². The van der Waals surface area contributed by atoms with Crippen LogP contribution in [0, 0.1) is 18.3 Å². The largest absolute Gasteiger partial charge is 0.481 e. The van der Waals surface area contributed by atoms with E-state index in [9.17, 15) is 14.7 Å². The number of carboxylic acid groups (broad SMARTS) is 1. The van der Waals surface area contributed by atoms with Crippen LogP contribution >= 0.6 is 0 Å². The standard InChI is InChI=1S/C22H23NO4/c1-15-2-4-16(5-3-15)17-6-8-18(9-7-17)20(24)23-12-19-13-27-11-10-22(19,14-23)21(25)26/h2-9,19H,10-14H2,1H3,(H,25,26)/t19-,22+/m1/s1. The molecule has 2 atom stereocenters. The van der Waals surface area contributed by atoms with Crippen molar-refractivity contribution in [2.45, 2.75) is 13.3 Å². The maximum atomic E-state index is 12.9. The minimum absolute atomic E-state index is 0.111. The summed E-state index contributed by atoms with van der Waals surface area (Å²) in [4.78, 5) is 26.5. The molecule has 0 unspecified atom stereocenters. The Hall–Kier alpha value is -2.66. The summed E-state index contributed by atoms with van der Waals surface area (Å²) in [5, 5.41) is 9.76. The molecule has 2 aromatic carbocycles. The lowest BCUT2D eigenvalue weighted by Crippen LogP contribution is -2.45. The Bertz CT molecular complexity index is 859. The zero-order chi connectivity index (χ0) is 19.0. The number of ether oxygens (including phenoxy) is 1. The zero-order valence-corrected chi connectivity index (χ0v) is 15.4. The van der Waals surface area contributed by atoms with E-state index in [1.165, 1.54) is 5.56 Å². The number of aliphatic carboxylic acids is 1. The minimum atomic E-state index is -0.865. The zero-order valence-electron chi connectivity index (χ0n) is 15.4. The molecule has 2 aliphatic rings. The fraction of sp³-hybridized carbons (Fsp3) is 0.364. The third-order valence-electron chi connectivity index (χ3n) is 5.94. The van der Waals surface area contributed by atoms with Gasteiger partial charge in [-0.2, -0.15) is 0 Å². The number of carboxylic acids is 1. The Labute approximate surface area is 158 Å². The van der Waals surface area contributed by atoms with Crippen molar-refractivity contribution in [3.05, 3.63) is 59.7 Å². The van der Waals surface area contributed by atoms with Gasteiger partial charge in [0.05, 0.1) is 12.0 Å². The van der Waals surface area contributed by atoms with Crippen molar-refractivity contribution >= 4 is 11.9 Å². The smallest absolute Gasteiger partial charge is 0.311 e. The Balaban J connectivity index is 1.53. The van der Waals surface area contributed by atoms with Crippen molar-refractivity contribution in [2.75, 3.05) is 26.3 Å². The minimum Gasteiger partial charge on any atom is -0.481 e. The van der Waals surface area contributed by atoms with Gasteiger partial charge in [0, 0.05) is 31.2 Å². The molecule has 2 aliphatic heterocycles. The first kappa shape index (κ1) is 17.7. The highest BCUT2D eigenvalue weighted by molar-refractivity contribution is 5.95. The molecule has 0 spiro atoms. The molecule has 2 heterocycles. The summed E-state index contributed by atoms with van der Waals surface area (Å²) in [6.07, 6.45) is 0.461. The number of likely N-dealkylation sites (tertiary alicyclic amines) is 1. The number of aryl methyl sites for hydroxylation is 1. The second-order valence-corrected chi connectivity index (χ2v) is 7.61. The van der Waals surface area contributed by atoms with Gasteiger partial charge < -0.3 is 14.7 Å². The number of amides is 1. The summed E-state index contributed by atoms with van der Waals surface area (Å²) in [7, 11) is 0. The van der Waals surface area contributed by atoms with Gasteiger partial charge in [-0.25, -0.2) is 0 Å². The molecule has 1 amide bonds. The maximum absolute atomic E-state index is 12.9. The molecule has 0 aromatic heterocycles. The highest BCUT2D eigenvalue weighted by Gasteiger charge is 2.54. The monoisotopic (exact) mass is 365 g/mol. The number of carbonyl (C=O) groups excluding carboxylic acids is 1. The van der Waals surface area contributed by atoms with Gasteiger partial charge in [0.2, 0.25) is 0 Å². The normalized spacial score (nSPS) is 24.5. The van der Waals surface area contributed by atoms with Crippen molar-refractivity contribution in [3.8, 4) is 11.1 Å². The Kier molecular flexibility index (Phi) is 4.48. The molecule has 4 rings (SSSR count). The SMILES string of the molecule is Cc1ccc(-c2ccc(C(=O)N3C[C@@H]4COCC[C@]4(C(=O)O)C3)cc2)cc1. The average Bonchev–Trinajstić information content (AvgIpc) is 3.09. The van der Waals surface area contributed by atoms with Gasteiger partial charge in [0.25, 0.3) is 5.91 Å². The van der Waals surface area contributed by atoms with Crippen LogP contribution in [0.2, 0.25) is 0 Å². The predicted octanol–water partition coefficient (Wildman–Crippen LogP) is 3.23. The van der Waals surface area contributed by atoms with E-state index in [0.717, 1.165) is 11.1 Å². The molecule has 5 heteroatoms. The van der Waals surface area contributed by atoms with Crippen LogP contribution in [-0.4, -0.2) is 48.2 Å². The van der Waals surface area contributed by atoms with E-state index in [0.29, 0.717) is 31.7 Å². The van der Waals surface area contributed by atoms with Crippen LogP contribution in [0.15, 0.2) is 48.5 Å². The first-order valence-corrected chi connectivity index (χ1v) is 9.27.